The van der Waals surface area contributed by atoms with E-state index < -0.39 is 8.32 Å². The molecule has 0 aliphatic carbocycles. The number of imidazole rings is 1. The third-order valence-electron chi connectivity index (χ3n) is 8.28. The van der Waals surface area contributed by atoms with Gasteiger partial charge in [0, 0.05) is 29.4 Å². The highest BCUT2D eigenvalue weighted by Gasteiger charge is 2.45. The highest BCUT2D eigenvalue weighted by molar-refractivity contribution is 7.10. The number of amides is 1. The van der Waals surface area contributed by atoms with Gasteiger partial charge in [-0.1, -0.05) is 20.8 Å². The molecule has 5 nitrogen and oxygen atoms in total. The Balaban J connectivity index is 1.43. The van der Waals surface area contributed by atoms with Crippen LogP contribution >= 0.6 is 11.3 Å². The lowest BCUT2D eigenvalue weighted by molar-refractivity contribution is -0.130. The van der Waals surface area contributed by atoms with Gasteiger partial charge in [-0.2, -0.15) is 0 Å². The molecule has 2 fully saturated rings. The summed E-state index contributed by atoms with van der Waals surface area (Å²) in [5.74, 6) is 0.865. The second-order valence-corrected chi connectivity index (χ2v) is 16.8. The number of nitrogens with zero attached hydrogens (tertiary/aromatic N) is 3. The molecule has 0 aromatic carbocycles. The first-order valence-corrected chi connectivity index (χ1v) is 15.5. The van der Waals surface area contributed by atoms with Gasteiger partial charge in [0.15, 0.2) is 8.32 Å². The van der Waals surface area contributed by atoms with Crippen LogP contribution in [0.5, 0.6) is 0 Å². The molecule has 0 radical (unpaired) electrons. The summed E-state index contributed by atoms with van der Waals surface area (Å²) in [6.07, 6.45) is 9.10. The zero-order valence-electron chi connectivity index (χ0n) is 19.4. The van der Waals surface area contributed by atoms with Gasteiger partial charge >= 0.3 is 0 Å². The van der Waals surface area contributed by atoms with Gasteiger partial charge in [-0.05, 0) is 61.2 Å². The standard InChI is InChI=1S/C24H35N3O2SSi/c1-24(2,3)31(4,5)29-21(16-8-10-26-17(12-16)6-7-22(26)28)13-19-23-18(9-11-30-23)20-14-25-15-27(19)20/h9,11,14-17,19,21H,6-8,10,12-13H2,1-5H3/t16-,17-,19?,21-/m0/s1. The fourth-order valence-corrected chi connectivity index (χ4v) is 7.88. The topological polar surface area (TPSA) is 47.4 Å². The van der Waals surface area contributed by atoms with Crippen LogP contribution in [0.2, 0.25) is 18.1 Å². The number of thiophene rings is 1. The Bertz CT molecular complexity index is 935. The molecule has 31 heavy (non-hydrogen) atoms. The Morgan fingerprint density at radius 3 is 2.90 bits per heavy atom. The highest BCUT2D eigenvalue weighted by Crippen LogP contribution is 2.48. The number of carbonyl (C=O) groups is 1. The van der Waals surface area contributed by atoms with Crippen LogP contribution in [0.4, 0.5) is 0 Å². The molecule has 0 N–H and O–H groups in total. The maximum Gasteiger partial charge on any atom is 0.222 e. The van der Waals surface area contributed by atoms with Gasteiger partial charge in [0.1, 0.15) is 0 Å². The molecular formula is C24H35N3O2SSi. The smallest absolute Gasteiger partial charge is 0.222 e. The maximum absolute atomic E-state index is 12.2. The van der Waals surface area contributed by atoms with E-state index in [1.807, 2.05) is 23.9 Å². The number of fused-ring (bicyclic) bond motifs is 4. The van der Waals surface area contributed by atoms with Crippen molar-refractivity contribution >= 4 is 25.6 Å². The first kappa shape index (κ1) is 21.4. The summed E-state index contributed by atoms with van der Waals surface area (Å²) in [4.78, 5) is 20.3. The Kier molecular flexibility index (Phi) is 5.22. The van der Waals surface area contributed by atoms with Crippen molar-refractivity contribution < 1.29 is 9.22 Å². The number of aromatic nitrogens is 2. The Morgan fingerprint density at radius 2 is 2.13 bits per heavy atom. The first-order valence-electron chi connectivity index (χ1n) is 11.7. The average molecular weight is 458 g/mol. The second-order valence-electron chi connectivity index (χ2n) is 11.1. The molecule has 168 valence electrons. The van der Waals surface area contributed by atoms with Crippen molar-refractivity contribution in [2.75, 3.05) is 6.54 Å². The van der Waals surface area contributed by atoms with Gasteiger partial charge in [0.05, 0.1) is 30.4 Å². The highest BCUT2D eigenvalue weighted by atomic mass is 32.1. The largest absolute Gasteiger partial charge is 0.414 e. The molecule has 2 aromatic heterocycles. The van der Waals surface area contributed by atoms with Crippen LogP contribution in [0.15, 0.2) is 24.0 Å². The van der Waals surface area contributed by atoms with Crippen LogP contribution in [0, 0.1) is 5.92 Å². The molecule has 4 atom stereocenters. The third kappa shape index (κ3) is 3.62. The molecule has 5 heterocycles. The predicted octanol–water partition coefficient (Wildman–Crippen LogP) is 5.70. The Labute approximate surface area is 190 Å². The minimum absolute atomic E-state index is 0.180. The van der Waals surface area contributed by atoms with Crippen LogP contribution in [-0.4, -0.2) is 47.4 Å². The lowest BCUT2D eigenvalue weighted by Gasteiger charge is -2.45. The van der Waals surface area contributed by atoms with Gasteiger partial charge < -0.3 is 13.9 Å². The molecule has 2 saturated heterocycles. The van der Waals surface area contributed by atoms with Crippen LogP contribution in [0.3, 0.4) is 0 Å². The minimum atomic E-state index is -1.92. The number of piperidine rings is 1. The molecule has 0 bridgehead atoms. The molecular weight excluding hydrogens is 422 g/mol. The predicted molar refractivity (Wildman–Crippen MR) is 128 cm³/mol. The quantitative estimate of drug-likeness (QED) is 0.541. The van der Waals surface area contributed by atoms with Crippen molar-refractivity contribution in [2.24, 2.45) is 5.92 Å². The van der Waals surface area contributed by atoms with Crippen molar-refractivity contribution in [3.8, 4) is 11.3 Å². The second kappa shape index (κ2) is 7.56. The Hall–Kier alpha value is -1.44. The van der Waals surface area contributed by atoms with E-state index in [9.17, 15) is 4.79 Å². The van der Waals surface area contributed by atoms with Gasteiger partial charge in [-0.3, -0.25) is 4.79 Å². The van der Waals surface area contributed by atoms with Crippen molar-refractivity contribution in [3.63, 3.8) is 0 Å². The van der Waals surface area contributed by atoms with Crippen LogP contribution in [0.25, 0.3) is 11.3 Å². The van der Waals surface area contributed by atoms with Gasteiger partial charge in [-0.15, -0.1) is 11.3 Å². The number of rotatable bonds is 5. The molecule has 7 heteroatoms. The molecule has 0 saturated carbocycles. The van der Waals surface area contributed by atoms with Gasteiger partial charge in [0.2, 0.25) is 5.91 Å². The van der Waals surface area contributed by atoms with E-state index in [1.54, 1.807) is 0 Å². The summed E-state index contributed by atoms with van der Waals surface area (Å²) in [5.41, 5.74) is 2.58. The van der Waals surface area contributed by atoms with E-state index in [0.29, 0.717) is 23.9 Å². The monoisotopic (exact) mass is 457 g/mol. The molecule has 3 aliphatic heterocycles. The van der Waals surface area contributed by atoms with E-state index in [0.717, 1.165) is 38.6 Å². The van der Waals surface area contributed by atoms with Gasteiger partial charge in [-0.25, -0.2) is 4.98 Å². The lowest BCUT2D eigenvalue weighted by Crippen LogP contribution is -2.49. The molecule has 1 amide bonds. The zero-order chi connectivity index (χ0) is 22.0. The van der Waals surface area contributed by atoms with E-state index in [-0.39, 0.29) is 11.1 Å². The zero-order valence-corrected chi connectivity index (χ0v) is 21.2. The normalized spacial score (nSPS) is 26.7. The fourth-order valence-electron chi connectivity index (χ4n) is 5.47. The minimum Gasteiger partial charge on any atom is -0.414 e. The van der Waals surface area contributed by atoms with E-state index in [1.165, 1.54) is 16.1 Å². The summed E-state index contributed by atoms with van der Waals surface area (Å²) < 4.78 is 9.53. The molecule has 5 rings (SSSR count). The fraction of sp³-hybridized carbons (Fsp3) is 0.667. The van der Waals surface area contributed by atoms with Crippen molar-refractivity contribution in [2.45, 2.75) is 89.2 Å². The summed E-state index contributed by atoms with van der Waals surface area (Å²) >= 11 is 1.86. The Morgan fingerprint density at radius 1 is 1.32 bits per heavy atom. The summed E-state index contributed by atoms with van der Waals surface area (Å²) in [6, 6.07) is 2.96. The molecule has 0 spiro atoms. The summed E-state index contributed by atoms with van der Waals surface area (Å²) in [6.45, 7) is 12.6. The number of carbonyl (C=O) groups excluding carboxylic acids is 1. The van der Waals surface area contributed by atoms with Crippen molar-refractivity contribution in [1.29, 1.82) is 0 Å². The van der Waals surface area contributed by atoms with Crippen LogP contribution in [0.1, 0.15) is 63.8 Å². The number of hydrogen-bond donors (Lipinski definition) is 0. The van der Waals surface area contributed by atoms with Crippen molar-refractivity contribution in [1.82, 2.24) is 14.5 Å². The van der Waals surface area contributed by atoms with E-state index in [2.05, 4.69) is 59.8 Å². The van der Waals surface area contributed by atoms with Gasteiger partial charge in [0.25, 0.3) is 0 Å². The van der Waals surface area contributed by atoms with E-state index in [4.69, 9.17) is 4.43 Å². The molecule has 3 aliphatic rings. The number of hydrogen-bond acceptors (Lipinski definition) is 4. The first-order chi connectivity index (χ1) is 14.7. The summed E-state index contributed by atoms with van der Waals surface area (Å²) in [5, 5.41) is 2.39. The molecule has 2 aromatic rings. The molecule has 1 unspecified atom stereocenters. The summed E-state index contributed by atoms with van der Waals surface area (Å²) in [7, 11) is -1.92. The average Bonchev–Trinajstić information content (AvgIpc) is 3.45. The SMILES string of the molecule is CC(C)(C)[Si](C)(C)O[C@@H](CC1c2sccc2-c2cncn21)[C@H]1CCN2C(=O)CC[C@H]2C1. The third-order valence-corrected chi connectivity index (χ3v) is 13.8. The lowest BCUT2D eigenvalue weighted by atomic mass is 9.84. The van der Waals surface area contributed by atoms with Crippen LogP contribution < -0.4 is 0 Å². The van der Waals surface area contributed by atoms with Crippen molar-refractivity contribution in [3.05, 3.63) is 28.8 Å². The van der Waals surface area contributed by atoms with Crippen LogP contribution in [-0.2, 0) is 9.22 Å². The maximum atomic E-state index is 12.2. The van der Waals surface area contributed by atoms with E-state index >= 15 is 0 Å².